The maximum Gasteiger partial charge on any atom is 0.209 e. The third kappa shape index (κ3) is 1.10. The van der Waals surface area contributed by atoms with E-state index in [0.717, 1.165) is 0 Å². The van der Waals surface area contributed by atoms with Gasteiger partial charge in [0.25, 0.3) is 0 Å². The summed E-state index contributed by atoms with van der Waals surface area (Å²) in [4.78, 5) is 11.0. The smallest absolute Gasteiger partial charge is 0.209 e. The summed E-state index contributed by atoms with van der Waals surface area (Å²) in [5.74, 6) is -0.202. The van der Waals surface area contributed by atoms with E-state index < -0.39 is 0 Å². The molecular weight excluding hydrogens is 188 g/mol. The predicted molar refractivity (Wildman–Crippen MR) is 50.5 cm³/mol. The van der Waals surface area contributed by atoms with E-state index in [4.69, 9.17) is 4.42 Å². The van der Waals surface area contributed by atoms with Crippen LogP contribution >= 0.6 is 12.6 Å². The Morgan fingerprint density at radius 3 is 2.85 bits per heavy atom. The normalized spacial score (nSPS) is 10.5. The zero-order valence-electron chi connectivity index (χ0n) is 6.52. The highest BCUT2D eigenvalue weighted by Gasteiger charge is 2.13. The molecule has 0 amide bonds. The number of carbonyl (C=O) groups excluding carboxylic acids is 1. The Hall–Kier alpha value is -1.42. The Bertz CT molecular complexity index is 473. The van der Waals surface area contributed by atoms with Gasteiger partial charge in [-0.25, -0.2) is 0 Å². The Kier molecular flexibility index (Phi) is 1.77. The molecule has 1 aromatic heterocycles. The number of rotatable bonds is 1. The van der Waals surface area contributed by atoms with Crippen molar-refractivity contribution in [2.45, 2.75) is 4.90 Å². The first-order valence-electron chi connectivity index (χ1n) is 3.62. The second-order valence-electron chi connectivity index (χ2n) is 2.58. The van der Waals surface area contributed by atoms with E-state index in [0.29, 0.717) is 22.2 Å². The predicted octanol–water partition coefficient (Wildman–Crippen LogP) is 2.24. The van der Waals surface area contributed by atoms with Crippen molar-refractivity contribution in [3.05, 3.63) is 24.0 Å². The van der Waals surface area contributed by atoms with E-state index >= 15 is 0 Å². The minimum Gasteiger partial charge on any atom is -0.504 e. The molecule has 13 heavy (non-hydrogen) atoms. The van der Waals surface area contributed by atoms with E-state index in [-0.39, 0.29) is 11.5 Å². The third-order valence-electron chi connectivity index (χ3n) is 1.80. The van der Waals surface area contributed by atoms with Crippen LogP contribution in [0.3, 0.4) is 0 Å². The molecule has 0 bridgehead atoms. The summed E-state index contributed by atoms with van der Waals surface area (Å²) in [5.41, 5.74) is 0.465. The lowest BCUT2D eigenvalue weighted by atomic mass is 10.2. The van der Waals surface area contributed by atoms with E-state index in [1.807, 2.05) is 0 Å². The zero-order chi connectivity index (χ0) is 9.42. The molecule has 2 rings (SSSR count). The molecule has 0 unspecified atom stereocenters. The zero-order valence-corrected chi connectivity index (χ0v) is 7.41. The highest BCUT2D eigenvalue weighted by Crippen LogP contribution is 2.34. The summed E-state index contributed by atoms with van der Waals surface area (Å²) in [6, 6.07) is 5.12. The van der Waals surface area contributed by atoms with Crippen LogP contribution in [0, 0.1) is 0 Å². The number of carbonyl (C=O) groups is 1. The number of hydrogen-bond acceptors (Lipinski definition) is 4. The molecule has 0 fully saturated rings. The molecule has 0 atom stereocenters. The standard InChI is InChI=1S/C9H6O3S/c10-4-6-9(11)8-5(12-6)2-1-3-7(8)13/h1-4,11,13H. The first kappa shape index (κ1) is 8.19. The number of furan rings is 1. The maximum atomic E-state index is 10.4. The lowest BCUT2D eigenvalue weighted by molar-refractivity contribution is 0.109. The van der Waals surface area contributed by atoms with E-state index in [2.05, 4.69) is 12.6 Å². The maximum absolute atomic E-state index is 10.4. The molecular formula is C9H6O3S. The van der Waals surface area contributed by atoms with Gasteiger partial charge in [-0.2, -0.15) is 0 Å². The first-order chi connectivity index (χ1) is 6.24. The van der Waals surface area contributed by atoms with Crippen LogP contribution in [0.1, 0.15) is 10.6 Å². The van der Waals surface area contributed by atoms with Crippen molar-refractivity contribution in [2.24, 2.45) is 0 Å². The summed E-state index contributed by atoms with van der Waals surface area (Å²) in [5, 5.41) is 9.98. The van der Waals surface area contributed by atoms with Gasteiger partial charge in [0, 0.05) is 4.90 Å². The Balaban J connectivity index is 2.92. The largest absolute Gasteiger partial charge is 0.504 e. The minimum atomic E-state index is -0.143. The minimum absolute atomic E-state index is 0.0588. The quantitative estimate of drug-likeness (QED) is 0.540. The van der Waals surface area contributed by atoms with E-state index in [9.17, 15) is 9.90 Å². The number of aromatic hydroxyl groups is 1. The van der Waals surface area contributed by atoms with Crippen LogP contribution in [-0.2, 0) is 0 Å². The molecule has 0 aliphatic heterocycles. The van der Waals surface area contributed by atoms with Gasteiger partial charge in [-0.05, 0) is 12.1 Å². The van der Waals surface area contributed by atoms with Crippen LogP contribution in [0.2, 0.25) is 0 Å². The summed E-state index contributed by atoms with van der Waals surface area (Å²) in [6.45, 7) is 0. The van der Waals surface area contributed by atoms with Gasteiger partial charge >= 0.3 is 0 Å². The SMILES string of the molecule is O=Cc1oc2cccc(S)c2c1O. The van der Waals surface area contributed by atoms with Crippen LogP contribution in [0.15, 0.2) is 27.5 Å². The Morgan fingerprint density at radius 1 is 1.46 bits per heavy atom. The first-order valence-corrected chi connectivity index (χ1v) is 4.07. The lowest BCUT2D eigenvalue weighted by Crippen LogP contribution is -1.71. The van der Waals surface area contributed by atoms with Gasteiger partial charge in [0.2, 0.25) is 5.76 Å². The van der Waals surface area contributed by atoms with Crippen molar-refractivity contribution < 1.29 is 14.3 Å². The summed E-state index contributed by atoms with van der Waals surface area (Å²) in [7, 11) is 0. The monoisotopic (exact) mass is 194 g/mol. The van der Waals surface area contributed by atoms with Crippen LogP contribution in [0.25, 0.3) is 11.0 Å². The second kappa shape index (κ2) is 2.81. The fourth-order valence-electron chi connectivity index (χ4n) is 1.21. The van der Waals surface area contributed by atoms with Crippen molar-refractivity contribution in [1.82, 2.24) is 0 Å². The van der Waals surface area contributed by atoms with Crippen molar-refractivity contribution in [3.63, 3.8) is 0 Å². The van der Waals surface area contributed by atoms with Gasteiger partial charge in [0.15, 0.2) is 12.0 Å². The van der Waals surface area contributed by atoms with E-state index in [1.54, 1.807) is 18.2 Å². The van der Waals surface area contributed by atoms with Crippen molar-refractivity contribution >= 4 is 29.9 Å². The van der Waals surface area contributed by atoms with Crippen molar-refractivity contribution in [1.29, 1.82) is 0 Å². The number of benzene rings is 1. The highest BCUT2D eigenvalue weighted by atomic mass is 32.1. The molecule has 1 heterocycles. The Labute approximate surface area is 79.4 Å². The number of thiol groups is 1. The average Bonchev–Trinajstić information content (AvgIpc) is 2.44. The summed E-state index contributed by atoms with van der Waals surface area (Å²) < 4.78 is 5.06. The molecule has 3 nitrogen and oxygen atoms in total. The molecule has 0 aliphatic carbocycles. The summed E-state index contributed by atoms with van der Waals surface area (Å²) >= 11 is 4.14. The Morgan fingerprint density at radius 2 is 2.23 bits per heavy atom. The molecule has 0 saturated heterocycles. The number of fused-ring (bicyclic) bond motifs is 1. The van der Waals surface area contributed by atoms with Gasteiger partial charge in [-0.1, -0.05) is 6.07 Å². The lowest BCUT2D eigenvalue weighted by Gasteiger charge is -1.91. The fourth-order valence-corrected chi connectivity index (χ4v) is 1.51. The topological polar surface area (TPSA) is 50.4 Å². The van der Waals surface area contributed by atoms with E-state index in [1.165, 1.54) is 0 Å². The van der Waals surface area contributed by atoms with Gasteiger partial charge in [0.05, 0.1) is 5.39 Å². The van der Waals surface area contributed by atoms with Gasteiger partial charge < -0.3 is 9.52 Å². The molecule has 0 saturated carbocycles. The van der Waals surface area contributed by atoms with Crippen LogP contribution in [0.5, 0.6) is 5.75 Å². The van der Waals surface area contributed by atoms with Crippen molar-refractivity contribution in [3.8, 4) is 5.75 Å². The number of hydrogen-bond donors (Lipinski definition) is 2. The average molecular weight is 194 g/mol. The van der Waals surface area contributed by atoms with Gasteiger partial charge in [-0.3, -0.25) is 4.79 Å². The molecule has 2 aromatic rings. The second-order valence-corrected chi connectivity index (χ2v) is 3.06. The molecule has 4 heteroatoms. The summed E-state index contributed by atoms with van der Waals surface area (Å²) in [6.07, 6.45) is 0.475. The molecule has 66 valence electrons. The van der Waals surface area contributed by atoms with Crippen molar-refractivity contribution in [2.75, 3.05) is 0 Å². The van der Waals surface area contributed by atoms with Crippen LogP contribution in [0.4, 0.5) is 0 Å². The molecule has 0 radical (unpaired) electrons. The van der Waals surface area contributed by atoms with Gasteiger partial charge in [0.1, 0.15) is 5.58 Å². The molecule has 1 N–H and O–H groups in total. The van der Waals surface area contributed by atoms with Crippen LogP contribution < -0.4 is 0 Å². The molecule has 0 aliphatic rings. The van der Waals surface area contributed by atoms with Gasteiger partial charge in [-0.15, -0.1) is 12.6 Å². The fraction of sp³-hybridized carbons (Fsp3) is 0. The third-order valence-corrected chi connectivity index (χ3v) is 2.17. The molecule has 0 spiro atoms. The van der Waals surface area contributed by atoms with Crippen LogP contribution in [-0.4, -0.2) is 11.4 Å². The highest BCUT2D eigenvalue weighted by molar-refractivity contribution is 7.80. The molecule has 1 aromatic carbocycles. The number of aldehydes is 1.